The number of nitrogens with one attached hydrogen (secondary N) is 1. The lowest BCUT2D eigenvalue weighted by Crippen LogP contribution is -2.35. The second-order valence-corrected chi connectivity index (χ2v) is 8.50. The Hall–Kier alpha value is -1.89. The van der Waals surface area contributed by atoms with E-state index in [1.54, 1.807) is 42.5 Å². The molecule has 2 aromatic rings. The predicted molar refractivity (Wildman–Crippen MR) is 101 cm³/mol. The molecule has 0 fully saturated rings. The Balaban J connectivity index is 1.73. The van der Waals surface area contributed by atoms with Crippen molar-refractivity contribution in [1.29, 1.82) is 0 Å². The van der Waals surface area contributed by atoms with E-state index < -0.39 is 10.0 Å². The van der Waals surface area contributed by atoms with Crippen molar-refractivity contribution in [2.45, 2.75) is 37.8 Å². The van der Waals surface area contributed by atoms with Crippen molar-refractivity contribution < 1.29 is 13.2 Å². The molecule has 138 valence electrons. The standard InChI is InChI=1S/C19H21ClN2O3S/c1-2-19(23)22-10-9-15-11-18(8-5-16(15)13-22)26(24,25)21-12-14-3-6-17(20)7-4-14/h3-8,11,21H,2,9-10,12-13H2,1H3. The highest BCUT2D eigenvalue weighted by Crippen LogP contribution is 2.23. The zero-order valence-corrected chi connectivity index (χ0v) is 16.1. The molecule has 26 heavy (non-hydrogen) atoms. The Morgan fingerprint density at radius 1 is 1.15 bits per heavy atom. The van der Waals surface area contributed by atoms with Gasteiger partial charge in [-0.05, 0) is 47.4 Å². The summed E-state index contributed by atoms with van der Waals surface area (Å²) in [5.74, 6) is 0.122. The van der Waals surface area contributed by atoms with Gasteiger partial charge < -0.3 is 4.90 Å². The number of fused-ring (bicyclic) bond motifs is 1. The number of sulfonamides is 1. The SMILES string of the molecule is CCC(=O)N1CCc2cc(S(=O)(=O)NCc3ccc(Cl)cc3)ccc2C1. The third-order valence-electron chi connectivity index (χ3n) is 4.54. The number of rotatable bonds is 5. The van der Waals surface area contributed by atoms with Crippen LogP contribution in [0.15, 0.2) is 47.4 Å². The Kier molecular flexibility index (Phi) is 5.65. The molecule has 1 heterocycles. The van der Waals surface area contributed by atoms with Crippen LogP contribution in [0.25, 0.3) is 0 Å². The van der Waals surface area contributed by atoms with E-state index in [4.69, 9.17) is 11.6 Å². The molecule has 0 saturated carbocycles. The summed E-state index contributed by atoms with van der Waals surface area (Å²) in [5.41, 5.74) is 2.83. The zero-order valence-electron chi connectivity index (χ0n) is 14.5. The van der Waals surface area contributed by atoms with Crippen LogP contribution in [0.4, 0.5) is 0 Å². The summed E-state index contributed by atoms with van der Waals surface area (Å²) >= 11 is 5.84. The van der Waals surface area contributed by atoms with Crippen LogP contribution >= 0.6 is 11.6 Å². The third-order valence-corrected chi connectivity index (χ3v) is 6.19. The number of halogens is 1. The lowest BCUT2D eigenvalue weighted by atomic mass is 10.00. The molecule has 3 rings (SSSR count). The molecule has 0 spiro atoms. The number of amides is 1. The lowest BCUT2D eigenvalue weighted by molar-refractivity contribution is -0.131. The van der Waals surface area contributed by atoms with E-state index in [1.165, 1.54) is 0 Å². The molecule has 1 N–H and O–H groups in total. The summed E-state index contributed by atoms with van der Waals surface area (Å²) in [6.45, 7) is 3.22. The second-order valence-electron chi connectivity index (χ2n) is 6.30. The van der Waals surface area contributed by atoms with Gasteiger partial charge in [0.25, 0.3) is 0 Å². The number of hydrogen-bond acceptors (Lipinski definition) is 3. The van der Waals surface area contributed by atoms with Crippen LogP contribution in [0, 0.1) is 0 Å². The van der Waals surface area contributed by atoms with Gasteiger partial charge in [-0.25, -0.2) is 13.1 Å². The van der Waals surface area contributed by atoms with E-state index in [9.17, 15) is 13.2 Å². The van der Waals surface area contributed by atoms with E-state index in [2.05, 4.69) is 4.72 Å². The fourth-order valence-electron chi connectivity index (χ4n) is 3.00. The first-order valence-electron chi connectivity index (χ1n) is 8.53. The van der Waals surface area contributed by atoms with Gasteiger partial charge in [-0.3, -0.25) is 4.79 Å². The largest absolute Gasteiger partial charge is 0.338 e. The molecule has 2 aromatic carbocycles. The average molecular weight is 393 g/mol. The van der Waals surface area contributed by atoms with E-state index >= 15 is 0 Å². The molecular weight excluding hydrogens is 372 g/mol. The maximum absolute atomic E-state index is 12.6. The molecule has 7 heteroatoms. The van der Waals surface area contributed by atoms with E-state index in [0.717, 1.165) is 16.7 Å². The monoisotopic (exact) mass is 392 g/mol. The lowest BCUT2D eigenvalue weighted by Gasteiger charge is -2.29. The number of nitrogens with zero attached hydrogens (tertiary/aromatic N) is 1. The maximum Gasteiger partial charge on any atom is 0.240 e. The smallest absolute Gasteiger partial charge is 0.240 e. The molecule has 0 bridgehead atoms. The van der Waals surface area contributed by atoms with Crippen molar-refractivity contribution in [2.24, 2.45) is 0 Å². The quantitative estimate of drug-likeness (QED) is 0.850. The summed E-state index contributed by atoms with van der Waals surface area (Å²) in [5, 5.41) is 0.613. The Labute approximate surface area is 159 Å². The molecule has 0 saturated heterocycles. The predicted octanol–water partition coefficient (Wildman–Crippen LogP) is 3.11. The molecule has 0 aliphatic carbocycles. The zero-order chi connectivity index (χ0) is 18.7. The van der Waals surface area contributed by atoms with Crippen LogP contribution in [0.1, 0.15) is 30.0 Å². The van der Waals surface area contributed by atoms with Crippen LogP contribution < -0.4 is 4.72 Å². The van der Waals surface area contributed by atoms with Crippen molar-refractivity contribution in [3.63, 3.8) is 0 Å². The van der Waals surface area contributed by atoms with Gasteiger partial charge in [-0.1, -0.05) is 36.7 Å². The summed E-state index contributed by atoms with van der Waals surface area (Å²) in [7, 11) is -3.60. The van der Waals surface area contributed by atoms with Gasteiger partial charge in [-0.15, -0.1) is 0 Å². The second kappa shape index (κ2) is 7.78. The molecule has 1 amide bonds. The van der Waals surface area contributed by atoms with Gasteiger partial charge in [0.05, 0.1) is 4.90 Å². The normalized spacial score (nSPS) is 14.2. The number of carbonyl (C=O) groups is 1. The minimum atomic E-state index is -3.60. The summed E-state index contributed by atoms with van der Waals surface area (Å²) in [6.07, 6.45) is 1.15. The highest BCUT2D eigenvalue weighted by molar-refractivity contribution is 7.89. The Morgan fingerprint density at radius 3 is 2.58 bits per heavy atom. The number of hydrogen-bond donors (Lipinski definition) is 1. The summed E-state index contributed by atoms with van der Waals surface area (Å²) in [6, 6.07) is 12.2. The van der Waals surface area contributed by atoms with Gasteiger partial charge in [0.2, 0.25) is 15.9 Å². The first-order chi connectivity index (χ1) is 12.4. The molecule has 0 aromatic heterocycles. The Bertz CT molecular complexity index is 911. The first kappa shape index (κ1) is 18.9. The molecule has 1 aliphatic rings. The van der Waals surface area contributed by atoms with Crippen molar-refractivity contribution in [3.8, 4) is 0 Å². The van der Waals surface area contributed by atoms with Crippen molar-refractivity contribution >= 4 is 27.5 Å². The van der Waals surface area contributed by atoms with Crippen LogP contribution in [0.5, 0.6) is 0 Å². The molecule has 5 nitrogen and oxygen atoms in total. The molecule has 1 aliphatic heterocycles. The van der Waals surface area contributed by atoms with Crippen LogP contribution in [0.3, 0.4) is 0 Å². The molecule has 0 atom stereocenters. The third kappa shape index (κ3) is 4.26. The van der Waals surface area contributed by atoms with E-state index in [1.807, 2.05) is 11.8 Å². The summed E-state index contributed by atoms with van der Waals surface area (Å²) in [4.78, 5) is 13.9. The van der Waals surface area contributed by atoms with Crippen molar-refractivity contribution in [3.05, 3.63) is 64.2 Å². The molecule has 0 radical (unpaired) electrons. The van der Waals surface area contributed by atoms with Crippen molar-refractivity contribution in [1.82, 2.24) is 9.62 Å². The minimum absolute atomic E-state index is 0.122. The minimum Gasteiger partial charge on any atom is -0.338 e. The number of benzene rings is 2. The highest BCUT2D eigenvalue weighted by Gasteiger charge is 2.22. The van der Waals surface area contributed by atoms with Crippen LogP contribution in [-0.2, 0) is 34.3 Å². The van der Waals surface area contributed by atoms with Gasteiger partial charge >= 0.3 is 0 Å². The van der Waals surface area contributed by atoms with Gasteiger partial charge in [-0.2, -0.15) is 0 Å². The molecule has 0 unspecified atom stereocenters. The van der Waals surface area contributed by atoms with Gasteiger partial charge in [0.1, 0.15) is 0 Å². The average Bonchev–Trinajstić information content (AvgIpc) is 2.66. The highest BCUT2D eigenvalue weighted by atomic mass is 35.5. The van der Waals surface area contributed by atoms with Crippen LogP contribution in [0.2, 0.25) is 5.02 Å². The van der Waals surface area contributed by atoms with Gasteiger partial charge in [0, 0.05) is 31.1 Å². The fourth-order valence-corrected chi connectivity index (χ4v) is 4.19. The number of carbonyl (C=O) groups excluding carboxylic acids is 1. The fraction of sp³-hybridized carbons (Fsp3) is 0.316. The maximum atomic E-state index is 12.6. The summed E-state index contributed by atoms with van der Waals surface area (Å²) < 4.78 is 27.8. The molecular formula is C19H21ClN2O3S. The van der Waals surface area contributed by atoms with Gasteiger partial charge in [0.15, 0.2) is 0 Å². The first-order valence-corrected chi connectivity index (χ1v) is 10.4. The topological polar surface area (TPSA) is 66.5 Å². The van der Waals surface area contributed by atoms with E-state index in [0.29, 0.717) is 31.0 Å². The van der Waals surface area contributed by atoms with Crippen molar-refractivity contribution in [2.75, 3.05) is 6.54 Å². The Morgan fingerprint density at radius 2 is 1.88 bits per heavy atom. The van der Waals surface area contributed by atoms with E-state index in [-0.39, 0.29) is 17.3 Å². The van der Waals surface area contributed by atoms with Crippen LogP contribution in [-0.4, -0.2) is 25.8 Å².